The molecular formula is C20H23ClN4O3S2. The average molecular weight is 467 g/mol. The number of rotatable bonds is 8. The van der Waals surface area contributed by atoms with Crippen LogP contribution in [0.25, 0.3) is 0 Å². The quantitative estimate of drug-likeness (QED) is 0.543. The molecule has 0 aliphatic heterocycles. The Kier molecular flexibility index (Phi) is 6.97. The van der Waals surface area contributed by atoms with Crippen molar-refractivity contribution >= 4 is 44.0 Å². The third-order valence-electron chi connectivity index (χ3n) is 4.65. The van der Waals surface area contributed by atoms with Gasteiger partial charge in [0.05, 0.1) is 0 Å². The Hall–Kier alpha value is -2.20. The van der Waals surface area contributed by atoms with Crippen molar-refractivity contribution < 1.29 is 13.2 Å². The molecule has 160 valence electrons. The first-order valence-electron chi connectivity index (χ1n) is 9.42. The largest absolute Gasteiger partial charge is 0.345 e. The van der Waals surface area contributed by atoms with Gasteiger partial charge in [-0.25, -0.2) is 13.4 Å². The lowest BCUT2D eigenvalue weighted by Crippen LogP contribution is -2.30. The lowest BCUT2D eigenvalue weighted by molar-refractivity contribution is 0.101. The number of thiazole rings is 1. The molecule has 0 radical (unpaired) electrons. The lowest BCUT2D eigenvalue weighted by Gasteiger charge is -2.17. The molecule has 0 bridgehead atoms. The molecule has 10 heteroatoms. The number of carbonyl (C=O) groups is 1. The summed E-state index contributed by atoms with van der Waals surface area (Å²) in [5.74, 6) is -0.419. The fourth-order valence-corrected chi connectivity index (χ4v) is 5.61. The minimum absolute atomic E-state index is 0.0948. The number of benzene rings is 1. The SMILES string of the molecule is CCN(CC)S(=O)(=O)c1cc(C(=O)Nc2ncc(Cc3ccccc3Cl)s2)n(C)c1. The Balaban J connectivity index is 1.75. The molecular weight excluding hydrogens is 444 g/mol. The molecule has 3 aromatic rings. The summed E-state index contributed by atoms with van der Waals surface area (Å²) in [6, 6.07) is 8.96. The Morgan fingerprint density at radius 1 is 1.27 bits per heavy atom. The van der Waals surface area contributed by atoms with Crippen LogP contribution in [0.5, 0.6) is 0 Å². The van der Waals surface area contributed by atoms with Crippen LogP contribution in [0.15, 0.2) is 47.6 Å². The molecule has 0 aliphatic carbocycles. The molecule has 1 aromatic carbocycles. The van der Waals surface area contributed by atoms with E-state index in [1.807, 2.05) is 24.3 Å². The fourth-order valence-electron chi connectivity index (χ4n) is 3.05. The summed E-state index contributed by atoms with van der Waals surface area (Å²) in [6.45, 7) is 4.28. The van der Waals surface area contributed by atoms with Crippen LogP contribution >= 0.6 is 22.9 Å². The maximum atomic E-state index is 12.7. The fraction of sp³-hybridized carbons (Fsp3) is 0.300. The molecule has 0 fully saturated rings. The minimum atomic E-state index is -3.64. The molecule has 2 aromatic heterocycles. The van der Waals surface area contributed by atoms with Crippen LogP contribution in [0, 0.1) is 0 Å². The molecule has 1 amide bonds. The van der Waals surface area contributed by atoms with E-state index in [9.17, 15) is 13.2 Å². The van der Waals surface area contributed by atoms with E-state index in [0.717, 1.165) is 10.4 Å². The number of halogens is 1. The number of amides is 1. The van der Waals surface area contributed by atoms with E-state index in [1.54, 1.807) is 27.1 Å². The van der Waals surface area contributed by atoms with Gasteiger partial charge in [-0.3, -0.25) is 10.1 Å². The first-order valence-corrected chi connectivity index (χ1v) is 12.1. The summed E-state index contributed by atoms with van der Waals surface area (Å²) in [7, 11) is -2.00. The van der Waals surface area contributed by atoms with E-state index in [0.29, 0.717) is 29.7 Å². The number of aryl methyl sites for hydroxylation is 1. The number of hydrogen-bond acceptors (Lipinski definition) is 5. The number of aromatic nitrogens is 2. The standard InChI is InChI=1S/C20H23ClN4O3S2/c1-4-25(5-2)30(27,28)16-11-18(24(3)13-16)19(26)23-20-22-12-15(29-20)10-14-8-6-7-9-17(14)21/h6-9,11-13H,4-5,10H2,1-3H3,(H,22,23,26). The van der Waals surface area contributed by atoms with Crippen molar-refractivity contribution in [2.45, 2.75) is 25.2 Å². The van der Waals surface area contributed by atoms with Gasteiger partial charge in [0.1, 0.15) is 10.6 Å². The van der Waals surface area contributed by atoms with Crippen molar-refractivity contribution in [2.24, 2.45) is 7.05 Å². The van der Waals surface area contributed by atoms with Gasteiger partial charge in [-0.1, -0.05) is 43.6 Å². The Morgan fingerprint density at radius 3 is 2.63 bits per heavy atom. The zero-order valence-corrected chi connectivity index (χ0v) is 19.3. The summed E-state index contributed by atoms with van der Waals surface area (Å²) in [5, 5.41) is 3.87. The number of nitrogens with one attached hydrogen (secondary N) is 1. The highest BCUT2D eigenvalue weighted by molar-refractivity contribution is 7.89. The van der Waals surface area contributed by atoms with Crippen molar-refractivity contribution in [1.82, 2.24) is 13.9 Å². The predicted octanol–water partition coefficient (Wildman–Crippen LogP) is 4.01. The monoisotopic (exact) mass is 466 g/mol. The third kappa shape index (κ3) is 4.75. The number of anilines is 1. The molecule has 7 nitrogen and oxygen atoms in total. The van der Waals surface area contributed by atoms with E-state index >= 15 is 0 Å². The van der Waals surface area contributed by atoms with Crippen LogP contribution in [-0.4, -0.2) is 41.3 Å². The van der Waals surface area contributed by atoms with Gasteiger partial charge < -0.3 is 4.57 Å². The summed E-state index contributed by atoms with van der Waals surface area (Å²) < 4.78 is 28.3. The maximum Gasteiger partial charge on any atom is 0.274 e. The van der Waals surface area contributed by atoms with Crippen LogP contribution in [0.2, 0.25) is 5.02 Å². The third-order valence-corrected chi connectivity index (χ3v) is 7.95. The van der Waals surface area contributed by atoms with Gasteiger partial charge >= 0.3 is 0 Å². The van der Waals surface area contributed by atoms with Crippen LogP contribution < -0.4 is 5.32 Å². The zero-order valence-electron chi connectivity index (χ0n) is 16.9. The van der Waals surface area contributed by atoms with Gasteiger partial charge in [-0.2, -0.15) is 4.31 Å². The van der Waals surface area contributed by atoms with Gasteiger partial charge in [0.15, 0.2) is 5.13 Å². The average Bonchev–Trinajstić information content (AvgIpc) is 3.31. The molecule has 0 spiro atoms. The zero-order chi connectivity index (χ0) is 21.9. The highest BCUT2D eigenvalue weighted by atomic mass is 35.5. The van der Waals surface area contributed by atoms with E-state index in [4.69, 9.17) is 11.6 Å². The van der Waals surface area contributed by atoms with Gasteiger partial charge in [-0.05, 0) is 17.7 Å². The van der Waals surface area contributed by atoms with E-state index in [2.05, 4.69) is 10.3 Å². The molecule has 0 aliphatic rings. The van der Waals surface area contributed by atoms with Crippen LogP contribution in [0.3, 0.4) is 0 Å². The van der Waals surface area contributed by atoms with Crippen LogP contribution in [-0.2, 0) is 23.5 Å². The van der Waals surface area contributed by atoms with Gasteiger partial charge in [-0.15, -0.1) is 11.3 Å². The number of sulfonamides is 1. The summed E-state index contributed by atoms with van der Waals surface area (Å²) in [4.78, 5) is 18.0. The molecule has 0 atom stereocenters. The second-order valence-corrected chi connectivity index (χ2v) is 10.1. The summed E-state index contributed by atoms with van der Waals surface area (Å²) in [5.41, 5.74) is 1.22. The topological polar surface area (TPSA) is 84.3 Å². The number of nitrogens with zero attached hydrogens (tertiary/aromatic N) is 3. The Labute approximate surface area is 185 Å². The minimum Gasteiger partial charge on any atom is -0.345 e. The predicted molar refractivity (Wildman–Crippen MR) is 120 cm³/mol. The van der Waals surface area contributed by atoms with Gasteiger partial charge in [0, 0.05) is 48.9 Å². The van der Waals surface area contributed by atoms with E-state index in [1.165, 1.54) is 32.5 Å². The van der Waals surface area contributed by atoms with Crippen LogP contribution in [0.1, 0.15) is 34.8 Å². The van der Waals surface area contributed by atoms with Crippen molar-refractivity contribution in [3.8, 4) is 0 Å². The molecule has 0 saturated heterocycles. The molecule has 0 saturated carbocycles. The number of carbonyl (C=O) groups excluding carboxylic acids is 1. The molecule has 2 heterocycles. The van der Waals surface area contributed by atoms with Crippen molar-refractivity contribution in [1.29, 1.82) is 0 Å². The summed E-state index contributed by atoms with van der Waals surface area (Å²) >= 11 is 7.56. The van der Waals surface area contributed by atoms with Gasteiger partial charge in [0.25, 0.3) is 5.91 Å². The summed E-state index contributed by atoms with van der Waals surface area (Å²) in [6.07, 6.45) is 3.77. The van der Waals surface area contributed by atoms with Crippen molar-refractivity contribution in [2.75, 3.05) is 18.4 Å². The smallest absolute Gasteiger partial charge is 0.274 e. The van der Waals surface area contributed by atoms with E-state index < -0.39 is 15.9 Å². The highest BCUT2D eigenvalue weighted by Crippen LogP contribution is 2.25. The first-order chi connectivity index (χ1) is 14.3. The maximum absolute atomic E-state index is 12.7. The molecule has 30 heavy (non-hydrogen) atoms. The highest BCUT2D eigenvalue weighted by Gasteiger charge is 2.25. The molecule has 0 unspecified atom stereocenters. The normalized spacial score (nSPS) is 11.8. The number of hydrogen-bond donors (Lipinski definition) is 1. The van der Waals surface area contributed by atoms with Crippen LogP contribution in [0.4, 0.5) is 5.13 Å². The second-order valence-electron chi connectivity index (χ2n) is 6.62. The Morgan fingerprint density at radius 2 is 1.97 bits per heavy atom. The second kappa shape index (κ2) is 9.30. The molecule has 3 rings (SSSR count). The Bertz CT molecular complexity index is 1150. The van der Waals surface area contributed by atoms with Crippen molar-refractivity contribution in [3.05, 3.63) is 63.9 Å². The van der Waals surface area contributed by atoms with E-state index in [-0.39, 0.29) is 10.6 Å². The van der Waals surface area contributed by atoms with Crippen molar-refractivity contribution in [3.63, 3.8) is 0 Å². The van der Waals surface area contributed by atoms with Gasteiger partial charge in [0.2, 0.25) is 10.0 Å². The lowest BCUT2D eigenvalue weighted by atomic mass is 10.1. The molecule has 1 N–H and O–H groups in total. The first kappa shape index (κ1) is 22.5.